The average molecular weight is 497 g/mol. The van der Waals surface area contributed by atoms with Gasteiger partial charge in [-0.2, -0.15) is 4.98 Å². The summed E-state index contributed by atoms with van der Waals surface area (Å²) in [4.78, 5) is 6.76. The lowest BCUT2D eigenvalue weighted by molar-refractivity contribution is 0.355. The van der Waals surface area contributed by atoms with E-state index >= 15 is 0 Å². The minimum absolute atomic E-state index is 0.325. The van der Waals surface area contributed by atoms with Gasteiger partial charge in [-0.05, 0) is 61.5 Å². The maximum Gasteiger partial charge on any atom is 0.258 e. The Bertz CT molecular complexity index is 1240. The molecule has 35 heavy (non-hydrogen) atoms. The van der Waals surface area contributed by atoms with Gasteiger partial charge in [0.05, 0.1) is 25.8 Å². The molecule has 3 aromatic rings. The minimum atomic E-state index is -0.431. The third kappa shape index (κ3) is 5.14. The number of unbranched alkanes of at least 4 members (excludes halogenated alkanes) is 2. The standard InChI is InChI=1S/C26H29FN4O3S/c1-5-6-7-13-31-16(2)22(23(28-26(31)35)17-9-8-10-19(27)14-17)25-29-24(30-34-25)18-11-12-20(32-3)21(15-18)33-4/h8-12,14-15,23H,5-7,13H2,1-4H3,(H,28,35). The number of nitrogens with zero attached hydrogens (tertiary/aromatic N) is 3. The second-order valence-corrected chi connectivity index (χ2v) is 8.67. The van der Waals surface area contributed by atoms with Gasteiger partial charge in [-0.3, -0.25) is 0 Å². The molecule has 0 saturated carbocycles. The summed E-state index contributed by atoms with van der Waals surface area (Å²) >= 11 is 5.69. The number of aromatic nitrogens is 2. The summed E-state index contributed by atoms with van der Waals surface area (Å²) in [5, 5.41) is 8.18. The number of allylic oxidation sites excluding steroid dienone is 1. The van der Waals surface area contributed by atoms with Gasteiger partial charge in [0.1, 0.15) is 5.82 Å². The van der Waals surface area contributed by atoms with Crippen LogP contribution in [0.3, 0.4) is 0 Å². The van der Waals surface area contributed by atoms with Gasteiger partial charge >= 0.3 is 0 Å². The Hall–Kier alpha value is -3.46. The van der Waals surface area contributed by atoms with Gasteiger partial charge in [0.25, 0.3) is 5.89 Å². The van der Waals surface area contributed by atoms with Gasteiger partial charge in [0, 0.05) is 17.8 Å². The third-order valence-electron chi connectivity index (χ3n) is 6.06. The van der Waals surface area contributed by atoms with Gasteiger partial charge in [-0.15, -0.1) is 0 Å². The summed E-state index contributed by atoms with van der Waals surface area (Å²) in [6, 6.07) is 11.4. The quantitative estimate of drug-likeness (QED) is 0.297. The first-order chi connectivity index (χ1) is 17.0. The summed E-state index contributed by atoms with van der Waals surface area (Å²) in [6.07, 6.45) is 3.20. The molecule has 9 heteroatoms. The predicted octanol–water partition coefficient (Wildman–Crippen LogP) is 5.75. The largest absolute Gasteiger partial charge is 0.493 e. The number of rotatable bonds is 9. The third-order valence-corrected chi connectivity index (χ3v) is 6.40. The molecule has 0 saturated heterocycles. The first-order valence-electron chi connectivity index (χ1n) is 11.6. The molecular weight excluding hydrogens is 467 g/mol. The molecule has 0 aliphatic carbocycles. The van der Waals surface area contributed by atoms with Gasteiger partial charge < -0.3 is 24.2 Å². The maximum absolute atomic E-state index is 14.1. The van der Waals surface area contributed by atoms with E-state index in [4.69, 9.17) is 31.2 Å². The molecule has 1 unspecified atom stereocenters. The van der Waals surface area contributed by atoms with Crippen LogP contribution in [-0.2, 0) is 0 Å². The van der Waals surface area contributed by atoms with Gasteiger partial charge in [-0.1, -0.05) is 37.1 Å². The zero-order valence-corrected chi connectivity index (χ0v) is 21.1. The van der Waals surface area contributed by atoms with E-state index in [1.165, 1.54) is 12.1 Å². The van der Waals surface area contributed by atoms with E-state index in [0.717, 1.165) is 48.2 Å². The molecule has 1 aliphatic heterocycles. The van der Waals surface area contributed by atoms with Gasteiger partial charge in [0.15, 0.2) is 16.6 Å². The molecular formula is C26H29FN4O3S. The van der Waals surface area contributed by atoms with E-state index < -0.39 is 6.04 Å². The van der Waals surface area contributed by atoms with Crippen molar-refractivity contribution in [3.63, 3.8) is 0 Å². The van der Waals surface area contributed by atoms with Crippen LogP contribution in [0.25, 0.3) is 17.0 Å². The summed E-state index contributed by atoms with van der Waals surface area (Å²) in [5.74, 6) is 1.60. The van der Waals surface area contributed by atoms with Crippen molar-refractivity contribution in [3.8, 4) is 22.9 Å². The number of halogens is 1. The molecule has 1 aromatic heterocycles. The minimum Gasteiger partial charge on any atom is -0.493 e. The summed E-state index contributed by atoms with van der Waals surface area (Å²) < 4.78 is 30.6. The van der Waals surface area contributed by atoms with E-state index in [9.17, 15) is 4.39 Å². The second-order valence-electron chi connectivity index (χ2n) is 8.29. The number of hydrogen-bond acceptors (Lipinski definition) is 6. The normalized spacial score (nSPS) is 15.9. The number of benzene rings is 2. The molecule has 1 N–H and O–H groups in total. The van der Waals surface area contributed by atoms with E-state index in [1.54, 1.807) is 32.4 Å². The Morgan fingerprint density at radius 1 is 1.11 bits per heavy atom. The molecule has 2 heterocycles. The van der Waals surface area contributed by atoms with Crippen LogP contribution in [0, 0.1) is 5.82 Å². The summed E-state index contributed by atoms with van der Waals surface area (Å²) in [7, 11) is 3.16. The molecule has 0 bridgehead atoms. The molecule has 2 aromatic carbocycles. The monoisotopic (exact) mass is 496 g/mol. The molecule has 0 fully saturated rings. The molecule has 0 amide bonds. The molecule has 1 aliphatic rings. The lowest BCUT2D eigenvalue weighted by atomic mass is 9.94. The Labute approximate surface area is 209 Å². The van der Waals surface area contributed by atoms with Crippen LogP contribution in [0.1, 0.15) is 50.6 Å². The van der Waals surface area contributed by atoms with Crippen molar-refractivity contribution in [2.45, 2.75) is 39.2 Å². The van der Waals surface area contributed by atoms with E-state index in [1.807, 2.05) is 19.1 Å². The molecule has 1 atom stereocenters. The van der Waals surface area contributed by atoms with Gasteiger partial charge in [-0.25, -0.2) is 4.39 Å². The van der Waals surface area contributed by atoms with E-state index in [0.29, 0.717) is 28.3 Å². The smallest absolute Gasteiger partial charge is 0.258 e. The highest BCUT2D eigenvalue weighted by Gasteiger charge is 2.34. The SMILES string of the molecule is CCCCCN1C(=S)NC(c2cccc(F)c2)C(c2nc(-c3ccc(OC)c(OC)c3)no2)=C1C. The fraction of sp³-hybridized carbons (Fsp3) is 0.346. The molecule has 0 radical (unpaired) electrons. The van der Waals surface area contributed by atoms with E-state index in [-0.39, 0.29) is 5.82 Å². The molecule has 184 valence electrons. The van der Waals surface area contributed by atoms with Crippen LogP contribution in [0.5, 0.6) is 11.5 Å². The summed E-state index contributed by atoms with van der Waals surface area (Å²) in [5.41, 5.74) is 3.11. The van der Waals surface area contributed by atoms with Crippen LogP contribution < -0.4 is 14.8 Å². The number of methoxy groups -OCH3 is 2. The second kappa shape index (κ2) is 10.9. The van der Waals surface area contributed by atoms with Crippen LogP contribution in [-0.4, -0.2) is 40.9 Å². The van der Waals surface area contributed by atoms with Crippen molar-refractivity contribution in [1.82, 2.24) is 20.4 Å². The summed E-state index contributed by atoms with van der Waals surface area (Å²) in [6.45, 7) is 4.91. The Kier molecular flexibility index (Phi) is 7.65. The highest BCUT2D eigenvalue weighted by atomic mass is 32.1. The number of nitrogens with one attached hydrogen (secondary N) is 1. The highest BCUT2D eigenvalue weighted by molar-refractivity contribution is 7.80. The topological polar surface area (TPSA) is 72.7 Å². The van der Waals surface area contributed by atoms with Crippen molar-refractivity contribution in [3.05, 3.63) is 65.4 Å². The van der Waals surface area contributed by atoms with Crippen molar-refractivity contribution >= 4 is 22.9 Å². The fourth-order valence-electron chi connectivity index (χ4n) is 4.21. The van der Waals surface area contributed by atoms with Crippen LogP contribution >= 0.6 is 12.2 Å². The van der Waals surface area contributed by atoms with Crippen molar-refractivity contribution in [1.29, 1.82) is 0 Å². The van der Waals surface area contributed by atoms with Crippen LogP contribution in [0.15, 0.2) is 52.7 Å². The van der Waals surface area contributed by atoms with Crippen LogP contribution in [0.4, 0.5) is 4.39 Å². The molecule has 0 spiro atoms. The first kappa shape index (κ1) is 24.7. The lowest BCUT2D eigenvalue weighted by Gasteiger charge is -2.37. The lowest BCUT2D eigenvalue weighted by Crippen LogP contribution is -2.46. The fourth-order valence-corrected chi connectivity index (χ4v) is 4.56. The number of ether oxygens (including phenoxy) is 2. The Morgan fingerprint density at radius 3 is 2.63 bits per heavy atom. The van der Waals surface area contributed by atoms with Crippen molar-refractivity contribution in [2.75, 3.05) is 20.8 Å². The van der Waals surface area contributed by atoms with Crippen molar-refractivity contribution in [2.24, 2.45) is 0 Å². The molecule has 7 nitrogen and oxygen atoms in total. The highest BCUT2D eigenvalue weighted by Crippen LogP contribution is 2.38. The average Bonchev–Trinajstić information content (AvgIpc) is 3.35. The maximum atomic E-state index is 14.1. The Morgan fingerprint density at radius 2 is 1.91 bits per heavy atom. The van der Waals surface area contributed by atoms with Crippen LogP contribution in [0.2, 0.25) is 0 Å². The predicted molar refractivity (Wildman–Crippen MR) is 137 cm³/mol. The van der Waals surface area contributed by atoms with Gasteiger partial charge in [0.2, 0.25) is 5.82 Å². The van der Waals surface area contributed by atoms with Crippen molar-refractivity contribution < 1.29 is 18.4 Å². The number of thiocarbonyl (C=S) groups is 1. The first-order valence-corrected chi connectivity index (χ1v) is 12.0. The zero-order valence-electron chi connectivity index (χ0n) is 20.3. The van der Waals surface area contributed by atoms with E-state index in [2.05, 4.69) is 22.3 Å². The number of hydrogen-bond donors (Lipinski definition) is 1. The Balaban J connectivity index is 1.77. The zero-order chi connectivity index (χ0) is 24.9. The molecule has 4 rings (SSSR count).